The summed E-state index contributed by atoms with van der Waals surface area (Å²) in [6, 6.07) is 6.64. The largest absolute Gasteiger partial charge is 0.462 e. The Kier molecular flexibility index (Phi) is 2.70. The highest BCUT2D eigenvalue weighted by molar-refractivity contribution is 5.96. The van der Waals surface area contributed by atoms with Gasteiger partial charge in [-0.25, -0.2) is 0 Å². The highest BCUT2D eigenvalue weighted by atomic mass is 16.8. The van der Waals surface area contributed by atoms with Gasteiger partial charge in [0.1, 0.15) is 18.5 Å². The van der Waals surface area contributed by atoms with Crippen LogP contribution in [0.5, 0.6) is 5.75 Å². The van der Waals surface area contributed by atoms with E-state index in [-0.39, 0.29) is 18.2 Å². The van der Waals surface area contributed by atoms with Crippen LogP contribution in [0.2, 0.25) is 0 Å². The topological polar surface area (TPSA) is 59.1 Å². The number of hydrogen-bond acceptors (Lipinski definition) is 4. The lowest BCUT2D eigenvalue weighted by atomic mass is 10.1. The van der Waals surface area contributed by atoms with Crippen molar-refractivity contribution in [1.29, 1.82) is 0 Å². The molecule has 1 saturated heterocycles. The van der Waals surface area contributed by atoms with Crippen molar-refractivity contribution in [2.45, 2.75) is 19.3 Å². The van der Waals surface area contributed by atoms with Gasteiger partial charge < -0.3 is 14.6 Å². The van der Waals surface area contributed by atoms with Crippen molar-refractivity contribution in [3.05, 3.63) is 29.8 Å². The molecule has 2 atom stereocenters. The third-order valence-corrected chi connectivity index (χ3v) is 2.23. The molecule has 15 heavy (non-hydrogen) atoms. The van der Waals surface area contributed by atoms with Crippen LogP contribution in [0.25, 0.3) is 0 Å². The Bertz CT molecular complexity index is 357. The van der Waals surface area contributed by atoms with Crippen molar-refractivity contribution in [2.75, 3.05) is 6.61 Å². The van der Waals surface area contributed by atoms with Crippen LogP contribution in [-0.2, 0) is 4.74 Å². The van der Waals surface area contributed by atoms with E-state index in [1.165, 1.54) is 0 Å². The minimum absolute atomic E-state index is 0.142. The Morgan fingerprint density at radius 1 is 1.47 bits per heavy atom. The van der Waals surface area contributed by atoms with Crippen LogP contribution in [-0.4, -0.2) is 29.9 Å². The summed E-state index contributed by atoms with van der Waals surface area (Å²) in [5.41, 5.74) is 0.481. The fraction of sp³-hybridized carbons (Fsp3) is 0.364. The number of aliphatic hydroxyl groups excluding tert-OH is 1. The molecule has 1 aliphatic rings. The average molecular weight is 208 g/mol. The van der Waals surface area contributed by atoms with Crippen LogP contribution in [0.3, 0.4) is 0 Å². The summed E-state index contributed by atoms with van der Waals surface area (Å²) < 4.78 is 10.5. The van der Waals surface area contributed by atoms with Gasteiger partial charge in [-0.15, -0.1) is 0 Å². The van der Waals surface area contributed by atoms with Crippen molar-refractivity contribution >= 4 is 5.78 Å². The summed E-state index contributed by atoms with van der Waals surface area (Å²) in [5, 5.41) is 8.65. The van der Waals surface area contributed by atoms with E-state index >= 15 is 0 Å². The molecule has 1 fully saturated rings. The Labute approximate surface area is 87.4 Å². The molecule has 0 aromatic heterocycles. The molecule has 0 spiro atoms. The van der Waals surface area contributed by atoms with Crippen LogP contribution >= 0.6 is 0 Å². The molecule has 80 valence electrons. The molecule has 1 aromatic carbocycles. The predicted molar refractivity (Wildman–Crippen MR) is 52.8 cm³/mol. The SMILES string of the molecule is CC1OC1Oc1ccc(C(=O)CO)cc1. The highest BCUT2D eigenvalue weighted by Crippen LogP contribution is 2.25. The Hall–Kier alpha value is -1.39. The summed E-state index contributed by atoms with van der Waals surface area (Å²) in [5.74, 6) is 0.372. The number of benzene rings is 1. The first kappa shape index (κ1) is 10.1. The summed E-state index contributed by atoms with van der Waals surface area (Å²) in [6.45, 7) is 1.46. The van der Waals surface area contributed by atoms with Gasteiger partial charge in [0.2, 0.25) is 6.29 Å². The van der Waals surface area contributed by atoms with Gasteiger partial charge in [-0.05, 0) is 31.2 Å². The standard InChI is InChI=1S/C11H12O4/c1-7-11(14-7)15-9-4-2-8(3-5-9)10(13)6-12/h2-5,7,11-12H,6H2,1H3. The fourth-order valence-electron chi connectivity index (χ4n) is 1.23. The molecule has 1 aromatic rings. The van der Waals surface area contributed by atoms with Crippen molar-refractivity contribution in [2.24, 2.45) is 0 Å². The zero-order chi connectivity index (χ0) is 10.8. The Morgan fingerprint density at radius 3 is 2.53 bits per heavy atom. The number of carbonyl (C=O) groups is 1. The Balaban J connectivity index is 2.00. The molecule has 4 heteroatoms. The number of rotatable bonds is 4. The van der Waals surface area contributed by atoms with Crippen molar-refractivity contribution < 1.29 is 19.4 Å². The summed E-state index contributed by atoms with van der Waals surface area (Å²) >= 11 is 0. The number of aliphatic hydroxyl groups is 1. The third-order valence-electron chi connectivity index (χ3n) is 2.23. The molecule has 0 radical (unpaired) electrons. The molecule has 1 aliphatic heterocycles. The van der Waals surface area contributed by atoms with E-state index in [4.69, 9.17) is 14.6 Å². The monoisotopic (exact) mass is 208 g/mol. The number of epoxide rings is 1. The predicted octanol–water partition coefficient (Wildman–Crippen LogP) is 0.985. The van der Waals surface area contributed by atoms with Gasteiger partial charge >= 0.3 is 0 Å². The second kappa shape index (κ2) is 4.00. The van der Waals surface area contributed by atoms with Gasteiger partial charge in [0.25, 0.3) is 0 Å². The van der Waals surface area contributed by atoms with Crippen LogP contribution in [0, 0.1) is 0 Å². The Morgan fingerprint density at radius 2 is 2.07 bits per heavy atom. The van der Waals surface area contributed by atoms with Gasteiger partial charge in [-0.1, -0.05) is 0 Å². The number of hydrogen-bond donors (Lipinski definition) is 1. The van der Waals surface area contributed by atoms with E-state index in [1.54, 1.807) is 24.3 Å². The fourth-order valence-corrected chi connectivity index (χ4v) is 1.23. The van der Waals surface area contributed by atoms with Gasteiger partial charge in [-0.2, -0.15) is 0 Å². The number of ether oxygens (including phenoxy) is 2. The zero-order valence-electron chi connectivity index (χ0n) is 8.34. The maximum Gasteiger partial charge on any atom is 0.226 e. The lowest BCUT2D eigenvalue weighted by molar-refractivity contribution is 0.0903. The minimum atomic E-state index is -0.469. The first-order valence-corrected chi connectivity index (χ1v) is 4.77. The molecule has 2 rings (SSSR count). The molecule has 0 aliphatic carbocycles. The number of Topliss-reactive ketones (excluding diaryl/α,β-unsaturated/α-hetero) is 1. The molecular formula is C11H12O4. The van der Waals surface area contributed by atoms with Gasteiger partial charge in [0.05, 0.1) is 0 Å². The quantitative estimate of drug-likeness (QED) is 0.592. The van der Waals surface area contributed by atoms with Gasteiger partial charge in [-0.3, -0.25) is 4.79 Å². The van der Waals surface area contributed by atoms with E-state index in [1.807, 2.05) is 6.92 Å². The van der Waals surface area contributed by atoms with E-state index < -0.39 is 6.61 Å². The first-order chi connectivity index (χ1) is 7.20. The number of ketones is 1. The minimum Gasteiger partial charge on any atom is -0.462 e. The molecule has 0 amide bonds. The maximum absolute atomic E-state index is 11.1. The summed E-state index contributed by atoms with van der Waals surface area (Å²) in [6.07, 6.45) is -0.0202. The second-order valence-corrected chi connectivity index (χ2v) is 3.43. The maximum atomic E-state index is 11.1. The molecule has 1 heterocycles. The van der Waals surface area contributed by atoms with Crippen LogP contribution in [0.4, 0.5) is 0 Å². The first-order valence-electron chi connectivity index (χ1n) is 4.77. The molecule has 0 saturated carbocycles. The molecule has 0 bridgehead atoms. The van der Waals surface area contributed by atoms with E-state index in [2.05, 4.69) is 0 Å². The van der Waals surface area contributed by atoms with Crippen molar-refractivity contribution in [3.8, 4) is 5.75 Å². The zero-order valence-corrected chi connectivity index (χ0v) is 8.34. The van der Waals surface area contributed by atoms with E-state index in [0.29, 0.717) is 11.3 Å². The molecule has 4 nitrogen and oxygen atoms in total. The van der Waals surface area contributed by atoms with Crippen molar-refractivity contribution in [3.63, 3.8) is 0 Å². The average Bonchev–Trinajstić information content (AvgIpc) is 2.94. The smallest absolute Gasteiger partial charge is 0.226 e. The van der Waals surface area contributed by atoms with Gasteiger partial charge in [0, 0.05) is 5.56 Å². The highest BCUT2D eigenvalue weighted by Gasteiger charge is 2.36. The van der Waals surface area contributed by atoms with E-state index in [9.17, 15) is 4.79 Å². The van der Waals surface area contributed by atoms with Gasteiger partial charge in [0.15, 0.2) is 5.78 Å². The summed E-state index contributed by atoms with van der Waals surface area (Å²) in [7, 11) is 0. The van der Waals surface area contributed by atoms with Crippen LogP contribution in [0.15, 0.2) is 24.3 Å². The molecule has 2 unspecified atom stereocenters. The number of carbonyl (C=O) groups excluding carboxylic acids is 1. The van der Waals surface area contributed by atoms with Crippen LogP contribution < -0.4 is 4.74 Å². The lowest BCUT2D eigenvalue weighted by Crippen LogP contribution is -2.05. The van der Waals surface area contributed by atoms with Crippen LogP contribution in [0.1, 0.15) is 17.3 Å². The normalized spacial score (nSPS) is 23.6. The molecular weight excluding hydrogens is 196 g/mol. The van der Waals surface area contributed by atoms with Crippen molar-refractivity contribution in [1.82, 2.24) is 0 Å². The third kappa shape index (κ3) is 2.34. The summed E-state index contributed by atoms with van der Waals surface area (Å²) in [4.78, 5) is 11.1. The van der Waals surface area contributed by atoms with E-state index in [0.717, 1.165) is 0 Å². The molecule has 1 N–H and O–H groups in total. The second-order valence-electron chi connectivity index (χ2n) is 3.43. The lowest BCUT2D eigenvalue weighted by Gasteiger charge is -2.03.